The number of carbonyl (C=O) groups is 1. The van der Waals surface area contributed by atoms with Crippen molar-refractivity contribution in [2.24, 2.45) is 0 Å². The van der Waals surface area contributed by atoms with Gasteiger partial charge in [-0.2, -0.15) is 0 Å². The first kappa shape index (κ1) is 16.6. The van der Waals surface area contributed by atoms with Crippen LogP contribution >= 0.6 is 0 Å². The van der Waals surface area contributed by atoms with Crippen molar-refractivity contribution >= 4 is 17.0 Å². The number of rotatable bonds is 4. The van der Waals surface area contributed by atoms with Gasteiger partial charge in [-0.1, -0.05) is 49.6 Å². The minimum atomic E-state index is -0.502. The number of carbonyl (C=O) groups excluding carboxylic acids is 1. The Morgan fingerprint density at radius 2 is 1.85 bits per heavy atom. The van der Waals surface area contributed by atoms with Crippen molar-refractivity contribution in [3.05, 3.63) is 70.2 Å². The third kappa shape index (κ3) is 3.43. The van der Waals surface area contributed by atoms with Gasteiger partial charge in [-0.25, -0.2) is 4.79 Å². The van der Waals surface area contributed by atoms with Crippen molar-refractivity contribution in [1.82, 2.24) is 9.88 Å². The molecule has 1 N–H and O–H groups in total. The highest BCUT2D eigenvalue weighted by atomic mass is 16.4. The van der Waals surface area contributed by atoms with E-state index in [1.165, 1.54) is 6.42 Å². The van der Waals surface area contributed by atoms with Crippen molar-refractivity contribution in [2.75, 3.05) is 0 Å². The van der Waals surface area contributed by atoms with E-state index in [0.29, 0.717) is 23.2 Å². The summed E-state index contributed by atoms with van der Waals surface area (Å²) >= 11 is 0. The van der Waals surface area contributed by atoms with Crippen LogP contribution in [-0.4, -0.2) is 21.8 Å². The monoisotopic (exact) mass is 350 g/mol. The first-order chi connectivity index (χ1) is 12.7. The molecule has 1 aliphatic rings. The summed E-state index contributed by atoms with van der Waals surface area (Å²) in [6.07, 6.45) is 5.66. The zero-order valence-electron chi connectivity index (χ0n) is 14.6. The smallest absolute Gasteiger partial charge is 0.408 e. The second kappa shape index (κ2) is 7.20. The van der Waals surface area contributed by atoms with Gasteiger partial charge < -0.3 is 9.32 Å². The molecule has 26 heavy (non-hydrogen) atoms. The van der Waals surface area contributed by atoms with E-state index in [9.17, 15) is 9.59 Å². The molecule has 1 fully saturated rings. The fraction of sp³-hybridized carbons (Fsp3) is 0.333. The van der Waals surface area contributed by atoms with Gasteiger partial charge in [0.2, 0.25) is 0 Å². The topological polar surface area (TPSA) is 66.3 Å². The molecule has 0 bridgehead atoms. The predicted molar refractivity (Wildman–Crippen MR) is 100 cm³/mol. The van der Waals surface area contributed by atoms with Crippen molar-refractivity contribution in [1.29, 1.82) is 0 Å². The van der Waals surface area contributed by atoms with Crippen LogP contribution in [-0.2, 0) is 6.54 Å². The minimum absolute atomic E-state index is 0.00435. The number of fused-ring (bicyclic) bond motifs is 1. The number of nitrogens with one attached hydrogen (secondary N) is 1. The number of aromatic amines is 1. The Labute approximate surface area is 151 Å². The molecule has 0 unspecified atom stereocenters. The number of H-pyrrole nitrogens is 1. The second-order valence-electron chi connectivity index (χ2n) is 6.94. The number of benzene rings is 2. The van der Waals surface area contributed by atoms with Crippen molar-refractivity contribution in [3.8, 4) is 0 Å². The Hall–Kier alpha value is -2.82. The van der Waals surface area contributed by atoms with Crippen LogP contribution in [0.1, 0.15) is 48.0 Å². The first-order valence-electron chi connectivity index (χ1n) is 9.18. The lowest BCUT2D eigenvalue weighted by molar-refractivity contribution is 0.0614. The predicted octanol–water partition coefficient (Wildman–Crippen LogP) is 4.10. The summed E-state index contributed by atoms with van der Waals surface area (Å²) in [5.41, 5.74) is 2.74. The maximum absolute atomic E-state index is 13.3. The van der Waals surface area contributed by atoms with Gasteiger partial charge in [-0.3, -0.25) is 9.78 Å². The van der Waals surface area contributed by atoms with Gasteiger partial charge in [0.25, 0.3) is 5.91 Å². The zero-order valence-corrected chi connectivity index (χ0v) is 14.6. The summed E-state index contributed by atoms with van der Waals surface area (Å²) in [4.78, 5) is 29.3. The van der Waals surface area contributed by atoms with Crippen molar-refractivity contribution in [3.63, 3.8) is 0 Å². The second-order valence-corrected chi connectivity index (χ2v) is 6.94. The van der Waals surface area contributed by atoms with Crippen LogP contribution in [0.5, 0.6) is 0 Å². The number of hydrogen-bond donors (Lipinski definition) is 1. The van der Waals surface area contributed by atoms with E-state index in [1.807, 2.05) is 23.1 Å². The van der Waals surface area contributed by atoms with E-state index in [0.717, 1.165) is 31.2 Å². The van der Waals surface area contributed by atoms with Gasteiger partial charge in [0.1, 0.15) is 0 Å². The summed E-state index contributed by atoms with van der Waals surface area (Å²) < 4.78 is 5.04. The molecule has 1 aromatic heterocycles. The quantitative estimate of drug-likeness (QED) is 0.770. The molecule has 0 spiro atoms. The molecule has 4 rings (SSSR count). The molecule has 0 saturated heterocycles. The highest BCUT2D eigenvalue weighted by Gasteiger charge is 2.26. The van der Waals surface area contributed by atoms with E-state index in [4.69, 9.17) is 4.42 Å². The molecule has 134 valence electrons. The lowest BCUT2D eigenvalue weighted by Gasteiger charge is -2.34. The van der Waals surface area contributed by atoms with E-state index >= 15 is 0 Å². The molecule has 0 radical (unpaired) electrons. The van der Waals surface area contributed by atoms with Crippen LogP contribution in [0, 0.1) is 0 Å². The Bertz CT molecular complexity index is 952. The average molecular weight is 350 g/mol. The van der Waals surface area contributed by atoms with Crippen molar-refractivity contribution < 1.29 is 9.21 Å². The Kier molecular flexibility index (Phi) is 4.61. The summed E-state index contributed by atoms with van der Waals surface area (Å²) in [5, 5.41) is 0. The van der Waals surface area contributed by atoms with Crippen LogP contribution in [0.3, 0.4) is 0 Å². The summed E-state index contributed by atoms with van der Waals surface area (Å²) in [5.74, 6) is -0.497. The Morgan fingerprint density at radius 3 is 2.62 bits per heavy atom. The fourth-order valence-electron chi connectivity index (χ4n) is 3.79. The number of nitrogens with zero attached hydrogens (tertiary/aromatic N) is 1. The molecular formula is C21H22N2O3. The molecule has 1 amide bonds. The highest BCUT2D eigenvalue weighted by molar-refractivity contribution is 5.97. The fourth-order valence-corrected chi connectivity index (χ4v) is 3.79. The molecule has 1 heterocycles. The molecule has 1 saturated carbocycles. The summed E-state index contributed by atoms with van der Waals surface area (Å²) in [6.45, 7) is 0.601. The molecule has 0 aliphatic heterocycles. The van der Waals surface area contributed by atoms with Crippen LogP contribution in [0.4, 0.5) is 0 Å². The molecule has 1 aliphatic carbocycles. The van der Waals surface area contributed by atoms with Crippen LogP contribution in [0.2, 0.25) is 0 Å². The summed E-state index contributed by atoms with van der Waals surface area (Å²) in [7, 11) is 0. The molecule has 3 aromatic rings. The zero-order chi connectivity index (χ0) is 17.9. The van der Waals surface area contributed by atoms with Crippen LogP contribution in [0.15, 0.2) is 57.7 Å². The molecule has 5 heteroatoms. The van der Waals surface area contributed by atoms with E-state index < -0.39 is 5.76 Å². The lowest BCUT2D eigenvalue weighted by atomic mass is 9.93. The van der Waals surface area contributed by atoms with E-state index in [1.54, 1.807) is 18.2 Å². The van der Waals surface area contributed by atoms with Gasteiger partial charge in [0.05, 0.1) is 5.52 Å². The maximum Gasteiger partial charge on any atom is 0.417 e. The van der Waals surface area contributed by atoms with Gasteiger partial charge in [-0.15, -0.1) is 0 Å². The van der Waals surface area contributed by atoms with Crippen molar-refractivity contribution in [2.45, 2.75) is 44.7 Å². The largest absolute Gasteiger partial charge is 0.417 e. The molecule has 5 nitrogen and oxygen atoms in total. The molecular weight excluding hydrogens is 328 g/mol. The highest BCUT2D eigenvalue weighted by Crippen LogP contribution is 2.26. The minimum Gasteiger partial charge on any atom is -0.408 e. The Balaban J connectivity index is 1.66. The van der Waals surface area contributed by atoms with Gasteiger partial charge in [0, 0.05) is 18.2 Å². The Morgan fingerprint density at radius 1 is 1.08 bits per heavy atom. The van der Waals surface area contributed by atoms with Crippen LogP contribution in [0.25, 0.3) is 11.1 Å². The van der Waals surface area contributed by atoms with Crippen LogP contribution < -0.4 is 5.76 Å². The van der Waals surface area contributed by atoms with Gasteiger partial charge in [0.15, 0.2) is 5.58 Å². The molecule has 0 atom stereocenters. The molecule has 2 aromatic carbocycles. The van der Waals surface area contributed by atoms with Gasteiger partial charge >= 0.3 is 5.76 Å². The first-order valence-corrected chi connectivity index (χ1v) is 9.18. The number of amides is 1. The standard InChI is InChI=1S/C21H22N2O3/c24-20(16-11-12-19-18(13-16)22-21(25)26-19)23(17-9-5-2-6-10-17)14-15-7-3-1-4-8-15/h1,3-4,7-8,11-13,17H,2,5-6,9-10,14H2,(H,22,25). The average Bonchev–Trinajstić information content (AvgIpc) is 3.06. The number of hydrogen-bond acceptors (Lipinski definition) is 3. The SMILES string of the molecule is O=C(c1ccc2oc(=O)[nH]c2c1)N(Cc1ccccc1)C1CCCCC1. The number of aromatic nitrogens is 1. The summed E-state index contributed by atoms with van der Waals surface area (Å²) in [6, 6.07) is 15.5. The van der Waals surface area contributed by atoms with E-state index in [-0.39, 0.29) is 11.9 Å². The number of oxazole rings is 1. The lowest BCUT2D eigenvalue weighted by Crippen LogP contribution is -2.41. The van der Waals surface area contributed by atoms with E-state index in [2.05, 4.69) is 17.1 Å². The third-order valence-corrected chi connectivity index (χ3v) is 5.14. The third-order valence-electron chi connectivity index (χ3n) is 5.14. The van der Waals surface area contributed by atoms with Gasteiger partial charge in [-0.05, 0) is 36.6 Å². The maximum atomic E-state index is 13.3. The normalized spacial score (nSPS) is 15.2.